The van der Waals surface area contributed by atoms with Crippen LogP contribution in [0.2, 0.25) is 0 Å². The predicted molar refractivity (Wildman–Crippen MR) is 161 cm³/mol. The molecular weight excluding hydrogens is 440 g/mol. The number of unbranched alkanes of at least 4 members (excludes halogenated alkanes) is 22. The normalized spacial score (nSPS) is 13.1. The molecule has 2 nitrogen and oxygen atoms in total. The maximum atomic E-state index is 12.3. The van der Waals surface area contributed by atoms with Crippen molar-refractivity contribution in [2.75, 3.05) is 6.61 Å². The molecule has 0 aliphatic rings. The number of hydrogen-bond donors (Lipinski definition) is 0. The van der Waals surface area contributed by atoms with Gasteiger partial charge >= 0.3 is 5.97 Å². The Labute approximate surface area is 228 Å². The smallest absolute Gasteiger partial charge is 0.308 e. The molecule has 0 aliphatic carbocycles. The Hall–Kier alpha value is -0.530. The molecule has 0 aromatic rings. The Morgan fingerprint density at radius 3 is 1.14 bits per heavy atom. The minimum absolute atomic E-state index is 0.0274. The topological polar surface area (TPSA) is 26.3 Å². The van der Waals surface area contributed by atoms with Gasteiger partial charge < -0.3 is 4.74 Å². The molecule has 2 atom stereocenters. The second-order valence-corrected chi connectivity index (χ2v) is 12.0. The van der Waals surface area contributed by atoms with Gasteiger partial charge in [-0.3, -0.25) is 4.79 Å². The second kappa shape index (κ2) is 29.0. The van der Waals surface area contributed by atoms with E-state index in [1.807, 2.05) is 0 Å². The Kier molecular flexibility index (Phi) is 28.6. The van der Waals surface area contributed by atoms with Crippen molar-refractivity contribution in [3.05, 3.63) is 0 Å². The van der Waals surface area contributed by atoms with Crippen LogP contribution in [0.5, 0.6) is 0 Å². The summed E-state index contributed by atoms with van der Waals surface area (Å²) in [6.45, 7) is 9.47. The van der Waals surface area contributed by atoms with Gasteiger partial charge in [-0.05, 0) is 18.8 Å². The van der Waals surface area contributed by atoms with Crippen LogP contribution in [0.1, 0.15) is 195 Å². The molecular formula is C34H68O2. The van der Waals surface area contributed by atoms with Gasteiger partial charge in [-0.2, -0.15) is 0 Å². The van der Waals surface area contributed by atoms with Crippen LogP contribution in [0, 0.1) is 11.8 Å². The van der Waals surface area contributed by atoms with Crippen molar-refractivity contribution in [3.63, 3.8) is 0 Å². The van der Waals surface area contributed by atoms with Gasteiger partial charge in [0.25, 0.3) is 0 Å². The highest BCUT2D eigenvalue weighted by Crippen LogP contribution is 2.17. The first-order valence-corrected chi connectivity index (χ1v) is 16.8. The Morgan fingerprint density at radius 1 is 0.472 bits per heavy atom. The highest BCUT2D eigenvalue weighted by molar-refractivity contribution is 5.71. The predicted octanol–water partition coefficient (Wildman–Crippen LogP) is 12.0. The Balaban J connectivity index is 3.42. The van der Waals surface area contributed by atoms with Gasteiger partial charge in [0.1, 0.15) is 0 Å². The molecule has 0 fully saturated rings. The van der Waals surface area contributed by atoms with E-state index in [4.69, 9.17) is 4.74 Å². The fourth-order valence-corrected chi connectivity index (χ4v) is 5.19. The lowest BCUT2D eigenvalue weighted by Crippen LogP contribution is -2.18. The maximum Gasteiger partial charge on any atom is 0.308 e. The van der Waals surface area contributed by atoms with Gasteiger partial charge in [-0.15, -0.1) is 0 Å². The molecule has 36 heavy (non-hydrogen) atoms. The van der Waals surface area contributed by atoms with Crippen molar-refractivity contribution in [3.8, 4) is 0 Å². The molecule has 2 heteroatoms. The van der Waals surface area contributed by atoms with E-state index >= 15 is 0 Å². The molecule has 0 N–H and O–H groups in total. The average molecular weight is 509 g/mol. The molecule has 0 rings (SSSR count). The minimum Gasteiger partial charge on any atom is -0.465 e. The van der Waals surface area contributed by atoms with Gasteiger partial charge in [0, 0.05) is 0 Å². The molecule has 0 aliphatic heterocycles. The van der Waals surface area contributed by atoms with Gasteiger partial charge in [0.05, 0.1) is 12.5 Å². The summed E-state index contributed by atoms with van der Waals surface area (Å²) in [5.41, 5.74) is 0. The van der Waals surface area contributed by atoms with Crippen LogP contribution < -0.4 is 0 Å². The second-order valence-electron chi connectivity index (χ2n) is 12.0. The van der Waals surface area contributed by atoms with Crippen molar-refractivity contribution in [2.45, 2.75) is 195 Å². The lowest BCUT2D eigenvalue weighted by Gasteiger charge is -2.15. The zero-order valence-corrected chi connectivity index (χ0v) is 25.6. The molecule has 0 heterocycles. The summed E-state index contributed by atoms with van der Waals surface area (Å²) < 4.78 is 5.64. The molecule has 0 amide bonds. The van der Waals surface area contributed by atoms with Crippen LogP contribution in [0.25, 0.3) is 0 Å². The van der Waals surface area contributed by atoms with Crippen LogP contribution in [-0.4, -0.2) is 12.6 Å². The minimum atomic E-state index is 0.0274. The van der Waals surface area contributed by atoms with Crippen LogP contribution >= 0.6 is 0 Å². The Morgan fingerprint density at radius 2 is 0.778 bits per heavy atom. The maximum absolute atomic E-state index is 12.3. The van der Waals surface area contributed by atoms with Gasteiger partial charge in [-0.25, -0.2) is 0 Å². The first-order chi connectivity index (χ1) is 17.6. The summed E-state index contributed by atoms with van der Waals surface area (Å²) in [5, 5.41) is 0. The van der Waals surface area contributed by atoms with Crippen LogP contribution in [0.15, 0.2) is 0 Å². The van der Waals surface area contributed by atoms with Crippen LogP contribution in [0.3, 0.4) is 0 Å². The molecule has 0 saturated carbocycles. The fraction of sp³-hybridized carbons (Fsp3) is 0.971. The summed E-state index contributed by atoms with van der Waals surface area (Å²) >= 11 is 0. The van der Waals surface area contributed by atoms with Crippen molar-refractivity contribution < 1.29 is 9.53 Å². The molecule has 0 radical (unpaired) electrons. The van der Waals surface area contributed by atoms with Crippen LogP contribution in [0.4, 0.5) is 0 Å². The van der Waals surface area contributed by atoms with E-state index < -0.39 is 0 Å². The zero-order valence-electron chi connectivity index (χ0n) is 25.6. The zero-order chi connectivity index (χ0) is 26.5. The lowest BCUT2D eigenvalue weighted by atomic mass is 10.0. The fourth-order valence-electron chi connectivity index (χ4n) is 5.19. The monoisotopic (exact) mass is 509 g/mol. The standard InChI is InChI=1S/C34H68O2/c1-5-7-9-11-13-15-17-19-21-23-25-27-29-32(3)31-36-34(35)33(4)30-28-26-24-22-20-18-16-14-12-10-8-6-2/h32-33H,5-31H2,1-4H3. The average Bonchev–Trinajstić information content (AvgIpc) is 2.88. The summed E-state index contributed by atoms with van der Waals surface area (Å²) in [5.74, 6) is 0.586. The van der Waals surface area contributed by atoms with Crippen molar-refractivity contribution >= 4 is 5.97 Å². The number of esters is 1. The van der Waals surface area contributed by atoms with Gasteiger partial charge in [0.2, 0.25) is 0 Å². The lowest BCUT2D eigenvalue weighted by molar-refractivity contribution is -0.149. The number of carbonyl (C=O) groups excluding carboxylic acids is 1. The quantitative estimate of drug-likeness (QED) is 0.0741. The summed E-state index contributed by atoms with van der Waals surface area (Å²) in [6, 6.07) is 0. The van der Waals surface area contributed by atoms with Crippen LogP contribution in [-0.2, 0) is 9.53 Å². The van der Waals surface area contributed by atoms with E-state index in [-0.39, 0.29) is 11.9 Å². The van der Waals surface area contributed by atoms with E-state index in [0.29, 0.717) is 12.5 Å². The number of ether oxygens (including phenoxy) is 1. The highest BCUT2D eigenvalue weighted by atomic mass is 16.5. The number of rotatable bonds is 29. The van der Waals surface area contributed by atoms with Gasteiger partial charge in [-0.1, -0.05) is 182 Å². The first-order valence-electron chi connectivity index (χ1n) is 16.8. The SMILES string of the molecule is CCCCCCCCCCCCCCC(C)COC(=O)C(C)CCCCCCCCCCCCCC. The van der Waals surface area contributed by atoms with Gasteiger partial charge in [0.15, 0.2) is 0 Å². The first kappa shape index (κ1) is 35.5. The third-order valence-electron chi connectivity index (χ3n) is 7.95. The highest BCUT2D eigenvalue weighted by Gasteiger charge is 2.15. The van der Waals surface area contributed by atoms with E-state index in [0.717, 1.165) is 6.42 Å². The molecule has 0 saturated heterocycles. The van der Waals surface area contributed by atoms with Crippen molar-refractivity contribution in [1.29, 1.82) is 0 Å². The summed E-state index contributed by atoms with van der Waals surface area (Å²) in [7, 11) is 0. The summed E-state index contributed by atoms with van der Waals surface area (Å²) in [4.78, 5) is 12.3. The largest absolute Gasteiger partial charge is 0.465 e. The molecule has 0 bridgehead atoms. The van der Waals surface area contributed by atoms with E-state index in [1.165, 1.54) is 161 Å². The molecule has 0 spiro atoms. The molecule has 216 valence electrons. The third-order valence-corrected chi connectivity index (χ3v) is 7.95. The summed E-state index contributed by atoms with van der Waals surface area (Å²) in [6.07, 6.45) is 35.3. The van der Waals surface area contributed by atoms with E-state index in [1.54, 1.807) is 0 Å². The molecule has 2 unspecified atom stereocenters. The molecule has 0 aromatic carbocycles. The van der Waals surface area contributed by atoms with E-state index in [9.17, 15) is 4.79 Å². The third kappa shape index (κ3) is 26.5. The van der Waals surface area contributed by atoms with Crippen molar-refractivity contribution in [2.24, 2.45) is 11.8 Å². The molecule has 0 aromatic heterocycles. The van der Waals surface area contributed by atoms with Crippen molar-refractivity contribution in [1.82, 2.24) is 0 Å². The number of hydrogen-bond acceptors (Lipinski definition) is 2. The number of carbonyl (C=O) groups is 1. The Bertz CT molecular complexity index is 433. The van der Waals surface area contributed by atoms with E-state index in [2.05, 4.69) is 27.7 Å².